The average molecular weight is 174 g/mol. The minimum absolute atomic E-state index is 1.22. The maximum atomic E-state index is 2.25. The van der Waals surface area contributed by atoms with Gasteiger partial charge in [0.15, 0.2) is 0 Å². The smallest absolute Gasteiger partial charge is 0.0348 e. The standard InChI is InChI=1S/C13H18/c1-2-4-6-8-10-12-13-11-9-7-5-3-1/h1-8H,9-13H2/b3-1-,4-2-,7-5-,8-6-. The fourth-order valence-electron chi connectivity index (χ4n) is 1.31. The van der Waals surface area contributed by atoms with Crippen LogP contribution in [0, 0.1) is 0 Å². The van der Waals surface area contributed by atoms with Gasteiger partial charge in [-0.25, -0.2) is 0 Å². The van der Waals surface area contributed by atoms with E-state index < -0.39 is 0 Å². The fraction of sp³-hybridized carbons (Fsp3) is 0.385. The predicted octanol–water partition coefficient (Wildman–Crippen LogP) is 4.18. The Labute approximate surface area is 81.4 Å². The third kappa shape index (κ3) is 6.15. The van der Waals surface area contributed by atoms with Crippen molar-refractivity contribution in [2.45, 2.75) is 32.1 Å². The van der Waals surface area contributed by atoms with Crippen LogP contribution in [-0.4, -0.2) is 0 Å². The zero-order valence-corrected chi connectivity index (χ0v) is 8.15. The predicted molar refractivity (Wildman–Crippen MR) is 59.6 cm³/mol. The molecule has 0 heterocycles. The number of allylic oxidation sites excluding steroid dienone is 8. The molecule has 1 aliphatic carbocycles. The first-order valence-corrected chi connectivity index (χ1v) is 5.15. The molecule has 0 spiro atoms. The highest BCUT2D eigenvalue weighted by atomic mass is 13.9. The summed E-state index contributed by atoms with van der Waals surface area (Å²) < 4.78 is 0. The van der Waals surface area contributed by atoms with Crippen molar-refractivity contribution in [2.75, 3.05) is 0 Å². The van der Waals surface area contributed by atoms with Gasteiger partial charge in [0.05, 0.1) is 0 Å². The summed E-state index contributed by atoms with van der Waals surface area (Å²) in [5, 5.41) is 0. The van der Waals surface area contributed by atoms with Crippen molar-refractivity contribution >= 4 is 0 Å². The molecule has 0 amide bonds. The van der Waals surface area contributed by atoms with Crippen LogP contribution in [0.1, 0.15) is 32.1 Å². The van der Waals surface area contributed by atoms with Gasteiger partial charge in [-0.3, -0.25) is 0 Å². The van der Waals surface area contributed by atoms with E-state index in [1.54, 1.807) is 0 Å². The Bertz CT molecular complexity index is 192. The van der Waals surface area contributed by atoms with E-state index in [9.17, 15) is 0 Å². The van der Waals surface area contributed by atoms with Gasteiger partial charge in [-0.1, -0.05) is 55.0 Å². The molecule has 70 valence electrons. The molecule has 0 fully saturated rings. The summed E-state index contributed by atoms with van der Waals surface area (Å²) in [4.78, 5) is 0. The quantitative estimate of drug-likeness (QED) is 0.517. The van der Waals surface area contributed by atoms with Gasteiger partial charge >= 0.3 is 0 Å². The van der Waals surface area contributed by atoms with Crippen molar-refractivity contribution in [1.82, 2.24) is 0 Å². The molecule has 0 saturated heterocycles. The van der Waals surface area contributed by atoms with Gasteiger partial charge in [0.2, 0.25) is 0 Å². The van der Waals surface area contributed by atoms with E-state index in [0.29, 0.717) is 0 Å². The van der Waals surface area contributed by atoms with Gasteiger partial charge in [0, 0.05) is 0 Å². The maximum Gasteiger partial charge on any atom is -0.0348 e. The second-order valence-corrected chi connectivity index (χ2v) is 3.26. The molecule has 0 saturated carbocycles. The molecular formula is C13H18. The van der Waals surface area contributed by atoms with Crippen LogP contribution in [0.3, 0.4) is 0 Å². The van der Waals surface area contributed by atoms with Crippen LogP contribution >= 0.6 is 0 Å². The summed E-state index contributed by atoms with van der Waals surface area (Å²) in [7, 11) is 0. The van der Waals surface area contributed by atoms with Crippen LogP contribution in [0.2, 0.25) is 0 Å². The Kier molecular flexibility index (Phi) is 5.87. The summed E-state index contributed by atoms with van der Waals surface area (Å²) in [5.74, 6) is 0. The zero-order valence-electron chi connectivity index (χ0n) is 8.15. The Morgan fingerprint density at radius 3 is 1.46 bits per heavy atom. The van der Waals surface area contributed by atoms with Crippen LogP contribution in [0.4, 0.5) is 0 Å². The second-order valence-electron chi connectivity index (χ2n) is 3.26. The largest absolute Gasteiger partial charge is 0.0845 e. The van der Waals surface area contributed by atoms with Gasteiger partial charge in [-0.2, -0.15) is 0 Å². The van der Waals surface area contributed by atoms with E-state index in [0.717, 1.165) is 0 Å². The molecular weight excluding hydrogens is 156 g/mol. The van der Waals surface area contributed by atoms with Gasteiger partial charge in [0.1, 0.15) is 0 Å². The SMILES string of the molecule is C1=C\C=C/CCCCC/C=C\C=C/1. The summed E-state index contributed by atoms with van der Waals surface area (Å²) in [6.45, 7) is 0. The van der Waals surface area contributed by atoms with Crippen molar-refractivity contribution in [3.8, 4) is 0 Å². The highest BCUT2D eigenvalue weighted by Gasteiger charge is 1.85. The molecule has 0 aromatic heterocycles. The maximum absolute atomic E-state index is 2.25. The fourth-order valence-corrected chi connectivity index (χ4v) is 1.31. The molecule has 0 aromatic carbocycles. The van der Waals surface area contributed by atoms with E-state index in [-0.39, 0.29) is 0 Å². The lowest BCUT2D eigenvalue weighted by Gasteiger charge is -1.93. The molecule has 13 heavy (non-hydrogen) atoms. The zero-order chi connectivity index (χ0) is 9.19. The third-order valence-corrected chi connectivity index (χ3v) is 2.07. The lowest BCUT2D eigenvalue weighted by molar-refractivity contribution is 0.696. The molecule has 0 nitrogen and oxygen atoms in total. The molecule has 0 aliphatic heterocycles. The second kappa shape index (κ2) is 7.60. The van der Waals surface area contributed by atoms with E-state index in [1.165, 1.54) is 32.1 Å². The average Bonchev–Trinajstić information content (AvgIpc) is 2.18. The molecule has 0 bridgehead atoms. The first-order valence-electron chi connectivity index (χ1n) is 5.15. The summed E-state index contributed by atoms with van der Waals surface area (Å²) in [6, 6.07) is 0. The molecule has 1 rings (SSSR count). The van der Waals surface area contributed by atoms with Crippen molar-refractivity contribution < 1.29 is 0 Å². The highest BCUT2D eigenvalue weighted by Crippen LogP contribution is 2.04. The topological polar surface area (TPSA) is 0 Å². The Morgan fingerprint density at radius 1 is 0.462 bits per heavy atom. The van der Waals surface area contributed by atoms with Crippen LogP contribution < -0.4 is 0 Å². The Balaban J connectivity index is 2.39. The van der Waals surface area contributed by atoms with Crippen LogP contribution in [0.5, 0.6) is 0 Å². The molecule has 0 atom stereocenters. The minimum atomic E-state index is 1.22. The number of hydrogen-bond acceptors (Lipinski definition) is 0. The minimum Gasteiger partial charge on any atom is -0.0845 e. The lowest BCUT2D eigenvalue weighted by atomic mass is 10.1. The third-order valence-electron chi connectivity index (χ3n) is 2.07. The van der Waals surface area contributed by atoms with Crippen LogP contribution in [-0.2, 0) is 0 Å². The number of rotatable bonds is 0. The van der Waals surface area contributed by atoms with Crippen molar-refractivity contribution in [3.05, 3.63) is 48.6 Å². The van der Waals surface area contributed by atoms with Gasteiger partial charge in [-0.05, 0) is 25.7 Å². The van der Waals surface area contributed by atoms with Gasteiger partial charge in [0.25, 0.3) is 0 Å². The lowest BCUT2D eigenvalue weighted by Crippen LogP contribution is -1.74. The normalized spacial score (nSPS) is 28.9. The Hall–Kier alpha value is -1.04. The molecule has 1 aliphatic rings. The van der Waals surface area contributed by atoms with E-state index >= 15 is 0 Å². The highest BCUT2D eigenvalue weighted by molar-refractivity contribution is 5.15. The summed E-state index contributed by atoms with van der Waals surface area (Å²) >= 11 is 0. The van der Waals surface area contributed by atoms with Crippen LogP contribution in [0.15, 0.2) is 48.6 Å². The molecule has 0 unspecified atom stereocenters. The summed E-state index contributed by atoms with van der Waals surface area (Å²) in [6.07, 6.45) is 23.5. The molecule has 0 heteroatoms. The van der Waals surface area contributed by atoms with Crippen molar-refractivity contribution in [3.63, 3.8) is 0 Å². The summed E-state index contributed by atoms with van der Waals surface area (Å²) in [5.41, 5.74) is 0. The molecule has 0 radical (unpaired) electrons. The monoisotopic (exact) mass is 174 g/mol. The Morgan fingerprint density at radius 2 is 0.923 bits per heavy atom. The van der Waals surface area contributed by atoms with Crippen molar-refractivity contribution in [1.29, 1.82) is 0 Å². The van der Waals surface area contributed by atoms with Gasteiger partial charge in [-0.15, -0.1) is 0 Å². The van der Waals surface area contributed by atoms with Gasteiger partial charge < -0.3 is 0 Å². The molecule has 0 N–H and O–H groups in total. The van der Waals surface area contributed by atoms with E-state index in [1.807, 2.05) is 0 Å². The van der Waals surface area contributed by atoms with Crippen molar-refractivity contribution in [2.24, 2.45) is 0 Å². The number of hydrogen-bond donors (Lipinski definition) is 0. The molecule has 0 aromatic rings. The first-order chi connectivity index (χ1) is 6.50. The van der Waals surface area contributed by atoms with E-state index in [2.05, 4.69) is 48.6 Å². The van der Waals surface area contributed by atoms with E-state index in [4.69, 9.17) is 0 Å². The first kappa shape index (κ1) is 10.0. The van der Waals surface area contributed by atoms with Crippen LogP contribution in [0.25, 0.3) is 0 Å².